The maximum atomic E-state index is 11.8. The van der Waals surface area contributed by atoms with Gasteiger partial charge in [0, 0.05) is 11.0 Å². The maximum absolute atomic E-state index is 11.8. The van der Waals surface area contributed by atoms with Crippen LogP contribution in [0.2, 0.25) is 5.02 Å². The molecule has 0 bridgehead atoms. The van der Waals surface area contributed by atoms with E-state index in [1.165, 1.54) is 35.6 Å². The lowest BCUT2D eigenvalue weighted by Gasteiger charge is -2.05. The fourth-order valence-electron chi connectivity index (χ4n) is 1.50. The van der Waals surface area contributed by atoms with Crippen molar-refractivity contribution in [1.29, 1.82) is 0 Å². The number of carbonyl (C=O) groups is 2. The number of halogens is 2. The summed E-state index contributed by atoms with van der Waals surface area (Å²) >= 11 is 10.8. The summed E-state index contributed by atoms with van der Waals surface area (Å²) in [6.45, 7) is 0. The van der Waals surface area contributed by atoms with Crippen molar-refractivity contribution in [3.8, 4) is 0 Å². The quantitative estimate of drug-likeness (QED) is 0.760. The van der Waals surface area contributed by atoms with Crippen molar-refractivity contribution in [3.05, 3.63) is 55.7 Å². The topological polar surface area (TPSA) is 66.4 Å². The van der Waals surface area contributed by atoms with Crippen LogP contribution in [0.4, 0.5) is 5.69 Å². The summed E-state index contributed by atoms with van der Waals surface area (Å²) in [5.74, 6) is -1.47. The predicted octanol–water partition coefficient (Wildman–Crippen LogP) is 4.51. The molecule has 1 aromatic heterocycles. The van der Waals surface area contributed by atoms with Crippen molar-refractivity contribution < 1.29 is 14.7 Å². The third kappa shape index (κ3) is 4.42. The Morgan fingerprint density at radius 1 is 1.29 bits per heavy atom. The lowest BCUT2D eigenvalue weighted by Crippen LogP contribution is -2.09. The van der Waals surface area contributed by atoms with Crippen LogP contribution >= 0.6 is 38.9 Å². The molecule has 2 rings (SSSR count). The van der Waals surface area contributed by atoms with E-state index < -0.39 is 5.97 Å². The molecule has 108 valence electrons. The van der Waals surface area contributed by atoms with Gasteiger partial charge in [0.25, 0.3) is 0 Å². The summed E-state index contributed by atoms with van der Waals surface area (Å²) in [6, 6.07) is 7.88. The number of benzene rings is 1. The van der Waals surface area contributed by atoms with E-state index in [0.29, 0.717) is 0 Å². The van der Waals surface area contributed by atoms with Gasteiger partial charge < -0.3 is 10.4 Å². The van der Waals surface area contributed by atoms with Gasteiger partial charge in [-0.25, -0.2) is 4.79 Å². The Morgan fingerprint density at radius 2 is 2.05 bits per heavy atom. The molecule has 0 radical (unpaired) electrons. The average Bonchev–Trinajstić information content (AvgIpc) is 2.84. The van der Waals surface area contributed by atoms with Crippen molar-refractivity contribution in [1.82, 2.24) is 0 Å². The highest BCUT2D eigenvalue weighted by Crippen LogP contribution is 2.24. The second-order valence-electron chi connectivity index (χ2n) is 3.96. The first kappa shape index (κ1) is 15.8. The van der Waals surface area contributed by atoms with Gasteiger partial charge >= 0.3 is 5.97 Å². The Balaban J connectivity index is 2.10. The Bertz CT molecular complexity index is 727. The molecule has 0 saturated carbocycles. The van der Waals surface area contributed by atoms with E-state index in [-0.39, 0.29) is 22.2 Å². The first-order valence-electron chi connectivity index (χ1n) is 5.73. The number of thiophene rings is 1. The molecule has 7 heteroatoms. The van der Waals surface area contributed by atoms with Crippen molar-refractivity contribution in [2.75, 3.05) is 5.32 Å². The van der Waals surface area contributed by atoms with Gasteiger partial charge in [-0.2, -0.15) is 0 Å². The van der Waals surface area contributed by atoms with Crippen LogP contribution in [0, 0.1) is 0 Å². The van der Waals surface area contributed by atoms with E-state index >= 15 is 0 Å². The van der Waals surface area contributed by atoms with Crippen molar-refractivity contribution in [3.63, 3.8) is 0 Å². The number of anilines is 1. The van der Waals surface area contributed by atoms with Crippen LogP contribution in [0.3, 0.4) is 0 Å². The van der Waals surface area contributed by atoms with Crippen LogP contribution in [-0.4, -0.2) is 17.0 Å². The molecule has 0 spiro atoms. The predicted molar refractivity (Wildman–Crippen MR) is 88.1 cm³/mol. The third-order valence-electron chi connectivity index (χ3n) is 2.46. The van der Waals surface area contributed by atoms with Crippen LogP contribution in [0.25, 0.3) is 6.08 Å². The number of carboxylic acid groups (broad SMARTS) is 1. The van der Waals surface area contributed by atoms with Crippen LogP contribution in [0.15, 0.2) is 40.2 Å². The fraction of sp³-hybridized carbons (Fsp3) is 0. The normalized spacial score (nSPS) is 10.8. The average molecular weight is 387 g/mol. The first-order valence-corrected chi connectivity index (χ1v) is 7.71. The van der Waals surface area contributed by atoms with Gasteiger partial charge in [-0.1, -0.05) is 11.6 Å². The van der Waals surface area contributed by atoms with Crippen molar-refractivity contribution >= 4 is 62.5 Å². The second kappa shape index (κ2) is 6.89. The minimum Gasteiger partial charge on any atom is -0.478 e. The van der Waals surface area contributed by atoms with Crippen LogP contribution < -0.4 is 5.32 Å². The molecule has 0 aliphatic carbocycles. The van der Waals surface area contributed by atoms with E-state index in [0.717, 1.165) is 8.66 Å². The Kier molecular flexibility index (Phi) is 5.17. The number of aromatic carboxylic acids is 1. The highest BCUT2D eigenvalue weighted by molar-refractivity contribution is 9.11. The van der Waals surface area contributed by atoms with E-state index in [1.54, 1.807) is 6.08 Å². The molecule has 2 aromatic rings. The maximum Gasteiger partial charge on any atom is 0.335 e. The molecule has 0 aliphatic heterocycles. The number of amides is 1. The lowest BCUT2D eigenvalue weighted by molar-refractivity contribution is -0.111. The molecule has 1 aromatic carbocycles. The highest BCUT2D eigenvalue weighted by atomic mass is 79.9. The van der Waals surface area contributed by atoms with E-state index in [2.05, 4.69) is 21.2 Å². The Hall–Kier alpha value is -1.63. The molecule has 4 nitrogen and oxygen atoms in total. The largest absolute Gasteiger partial charge is 0.478 e. The summed E-state index contributed by atoms with van der Waals surface area (Å²) < 4.78 is 0.972. The zero-order chi connectivity index (χ0) is 15.4. The van der Waals surface area contributed by atoms with Gasteiger partial charge in [0.15, 0.2) is 0 Å². The highest BCUT2D eigenvalue weighted by Gasteiger charge is 2.08. The third-order valence-corrected chi connectivity index (χ3v) is 4.38. The molecule has 0 fully saturated rings. The van der Waals surface area contributed by atoms with Crippen LogP contribution in [-0.2, 0) is 4.79 Å². The number of carbonyl (C=O) groups excluding carboxylic acids is 1. The monoisotopic (exact) mass is 385 g/mol. The Labute approximate surface area is 138 Å². The lowest BCUT2D eigenvalue weighted by atomic mass is 10.2. The minimum atomic E-state index is -1.08. The van der Waals surface area contributed by atoms with E-state index in [9.17, 15) is 9.59 Å². The molecular formula is C14H9BrClNO3S. The summed E-state index contributed by atoms with van der Waals surface area (Å²) in [5.41, 5.74) is 0.319. The molecule has 0 saturated heterocycles. The zero-order valence-corrected chi connectivity index (χ0v) is 13.6. The SMILES string of the molecule is O=C(/C=C/c1ccc(Br)s1)Nc1cc(C(=O)O)ccc1Cl. The number of carboxylic acids is 1. The van der Waals surface area contributed by atoms with Crippen LogP contribution in [0.5, 0.6) is 0 Å². The molecule has 0 unspecified atom stereocenters. The van der Waals surface area contributed by atoms with Crippen LogP contribution in [0.1, 0.15) is 15.2 Å². The molecule has 1 amide bonds. The molecular weight excluding hydrogens is 378 g/mol. The molecule has 21 heavy (non-hydrogen) atoms. The zero-order valence-electron chi connectivity index (χ0n) is 10.5. The van der Waals surface area contributed by atoms with Crippen molar-refractivity contribution in [2.45, 2.75) is 0 Å². The second-order valence-corrected chi connectivity index (χ2v) is 6.87. The van der Waals surface area contributed by atoms with E-state index in [1.807, 2.05) is 12.1 Å². The molecule has 1 heterocycles. The smallest absolute Gasteiger partial charge is 0.335 e. The summed E-state index contributed by atoms with van der Waals surface area (Å²) in [4.78, 5) is 23.6. The van der Waals surface area contributed by atoms with E-state index in [4.69, 9.17) is 16.7 Å². The molecule has 2 N–H and O–H groups in total. The van der Waals surface area contributed by atoms with Gasteiger partial charge in [-0.15, -0.1) is 11.3 Å². The summed E-state index contributed by atoms with van der Waals surface area (Å²) in [5, 5.41) is 11.7. The van der Waals surface area contributed by atoms with Gasteiger partial charge in [0.2, 0.25) is 5.91 Å². The van der Waals surface area contributed by atoms with Gasteiger partial charge in [-0.3, -0.25) is 4.79 Å². The standard InChI is InChI=1S/C14H9BrClNO3S/c15-12-5-2-9(21-12)3-6-13(18)17-11-7-8(14(19)20)1-4-10(11)16/h1-7H,(H,17,18)(H,19,20)/b6-3+. The van der Waals surface area contributed by atoms with Gasteiger partial charge in [0.1, 0.15) is 0 Å². The number of hydrogen-bond donors (Lipinski definition) is 2. The van der Waals surface area contributed by atoms with Gasteiger partial charge in [-0.05, 0) is 52.3 Å². The van der Waals surface area contributed by atoms with Crippen molar-refractivity contribution in [2.24, 2.45) is 0 Å². The fourth-order valence-corrected chi connectivity index (χ4v) is 3.00. The number of nitrogens with one attached hydrogen (secondary N) is 1. The molecule has 0 aliphatic rings. The Morgan fingerprint density at radius 3 is 2.67 bits per heavy atom. The number of rotatable bonds is 4. The summed E-state index contributed by atoms with van der Waals surface area (Å²) in [7, 11) is 0. The first-order chi connectivity index (χ1) is 9.95. The van der Waals surface area contributed by atoms with Gasteiger partial charge in [0.05, 0.1) is 20.1 Å². The number of hydrogen-bond acceptors (Lipinski definition) is 3. The molecule has 0 atom stereocenters. The minimum absolute atomic E-state index is 0.0564. The summed E-state index contributed by atoms with van der Waals surface area (Å²) in [6.07, 6.45) is 3.03.